The summed E-state index contributed by atoms with van der Waals surface area (Å²) in [6.07, 6.45) is 7.07. The molecule has 0 saturated carbocycles. The zero-order chi connectivity index (χ0) is 12.7. The van der Waals surface area contributed by atoms with Crippen LogP contribution in [0, 0.1) is 4.81 Å². The molecular formula is C16H12S2Si. The Morgan fingerprint density at radius 3 is 2.79 bits per heavy atom. The van der Waals surface area contributed by atoms with Gasteiger partial charge in [0.15, 0.2) is 0 Å². The Labute approximate surface area is 122 Å². The topological polar surface area (TPSA) is 0 Å². The van der Waals surface area contributed by atoms with Crippen LogP contribution in [0.4, 0.5) is 0 Å². The third kappa shape index (κ3) is 1.93. The largest absolute Gasteiger partial charge is 0.144 e. The number of allylic oxidation sites excluding steroid dienone is 2. The van der Waals surface area contributed by atoms with E-state index in [4.69, 9.17) is 0 Å². The molecule has 0 nitrogen and oxygen atoms in total. The Kier molecular flexibility index (Phi) is 2.91. The molecular weight excluding hydrogens is 284 g/mol. The molecule has 0 fully saturated rings. The summed E-state index contributed by atoms with van der Waals surface area (Å²) in [6.45, 7) is 0. The van der Waals surface area contributed by atoms with E-state index in [0.29, 0.717) is 0 Å². The average Bonchev–Trinajstić information content (AvgIpc) is 3.07. The van der Waals surface area contributed by atoms with Crippen LogP contribution in [0.15, 0.2) is 64.0 Å². The van der Waals surface area contributed by atoms with Gasteiger partial charge in [0.25, 0.3) is 0 Å². The molecule has 0 N–H and O–H groups in total. The van der Waals surface area contributed by atoms with Crippen molar-refractivity contribution in [3.8, 4) is 0 Å². The van der Waals surface area contributed by atoms with E-state index < -0.39 is 8.41 Å². The molecule has 3 heterocycles. The van der Waals surface area contributed by atoms with Gasteiger partial charge in [0, 0.05) is 15.2 Å². The van der Waals surface area contributed by atoms with Gasteiger partial charge in [-0.2, -0.15) is 0 Å². The standard InChI is InChI=1S/C16H12S2Si/c1-2-4-12(5-3-1)19-15-8-10-17-13(15)6-7-14-16(19)9-11-18-14/h1-10H,11H2. The van der Waals surface area contributed by atoms with E-state index in [9.17, 15) is 0 Å². The van der Waals surface area contributed by atoms with Crippen molar-refractivity contribution in [1.82, 2.24) is 0 Å². The second-order valence-electron chi connectivity index (χ2n) is 4.57. The molecule has 0 amide bonds. The van der Waals surface area contributed by atoms with Gasteiger partial charge in [-0.15, -0.1) is 23.1 Å². The first-order chi connectivity index (χ1) is 9.43. The van der Waals surface area contributed by atoms with Gasteiger partial charge >= 0.3 is 0 Å². The van der Waals surface area contributed by atoms with Gasteiger partial charge in [0.05, 0.1) is 8.41 Å². The maximum Gasteiger partial charge on any atom is 0.0905 e. The average molecular weight is 296 g/mol. The summed E-state index contributed by atoms with van der Waals surface area (Å²) < 4.78 is 1.45. The van der Waals surface area contributed by atoms with Crippen LogP contribution in [0.2, 0.25) is 0 Å². The molecule has 0 spiro atoms. The molecule has 1 aromatic carbocycles. The fourth-order valence-corrected chi connectivity index (χ4v) is 8.08. The Bertz CT molecular complexity index is 810. The third-order valence-corrected chi connectivity index (χ3v) is 8.62. The molecule has 1 aromatic heterocycles. The fourth-order valence-electron chi connectivity index (χ4n) is 2.63. The van der Waals surface area contributed by atoms with Crippen LogP contribution in [-0.2, 0) is 0 Å². The van der Waals surface area contributed by atoms with Crippen molar-refractivity contribution in [1.29, 1.82) is 0 Å². The molecule has 2 aliphatic rings. The van der Waals surface area contributed by atoms with Crippen LogP contribution in [0.3, 0.4) is 0 Å². The van der Waals surface area contributed by atoms with Crippen LogP contribution in [0.25, 0.3) is 6.08 Å². The molecule has 0 radical (unpaired) electrons. The number of thioether (sulfide) groups is 1. The lowest BCUT2D eigenvalue weighted by atomic mass is 10.4. The number of rotatable bonds is 1. The summed E-state index contributed by atoms with van der Waals surface area (Å²) in [6, 6.07) is 13.4. The first-order valence-corrected chi connectivity index (χ1v) is 9.69. The van der Waals surface area contributed by atoms with E-state index in [0.717, 1.165) is 5.75 Å². The molecule has 0 aliphatic carbocycles. The molecule has 19 heavy (non-hydrogen) atoms. The van der Waals surface area contributed by atoms with Crippen LogP contribution >= 0.6 is 23.1 Å². The lowest BCUT2D eigenvalue weighted by Crippen LogP contribution is -2.26. The second-order valence-corrected chi connectivity index (χ2v) is 8.98. The Hall–Kier alpha value is -1.16. The highest BCUT2D eigenvalue weighted by molar-refractivity contribution is 8.03. The molecule has 2 aromatic rings. The van der Waals surface area contributed by atoms with Crippen LogP contribution < -0.4 is 9.72 Å². The van der Waals surface area contributed by atoms with Gasteiger partial charge in [0.2, 0.25) is 0 Å². The van der Waals surface area contributed by atoms with Crippen molar-refractivity contribution in [2.45, 2.75) is 0 Å². The summed E-state index contributed by atoms with van der Waals surface area (Å²) in [5.41, 5.74) is 0. The van der Waals surface area contributed by atoms with Gasteiger partial charge in [-0.25, -0.2) is 0 Å². The van der Waals surface area contributed by atoms with Crippen molar-refractivity contribution >= 4 is 42.8 Å². The molecule has 4 rings (SSSR count). The van der Waals surface area contributed by atoms with Gasteiger partial charge in [-0.3, -0.25) is 0 Å². The molecule has 2 aliphatic heterocycles. The number of thiophene rings is 1. The van der Waals surface area contributed by atoms with Gasteiger partial charge in [0.1, 0.15) is 0 Å². The minimum atomic E-state index is -0.800. The summed E-state index contributed by atoms with van der Waals surface area (Å²) in [5, 5.41) is 5.33. The summed E-state index contributed by atoms with van der Waals surface area (Å²) >= 11 is 3.84. The number of fused-ring (bicyclic) bond motifs is 2. The number of hydrogen-bond acceptors (Lipinski definition) is 2. The minimum Gasteiger partial charge on any atom is -0.144 e. The quantitative estimate of drug-likeness (QED) is 0.729. The minimum absolute atomic E-state index is 0.800. The maximum absolute atomic E-state index is 2.44. The molecule has 3 heteroatoms. The molecule has 0 bridgehead atoms. The molecule has 0 unspecified atom stereocenters. The third-order valence-electron chi connectivity index (χ3n) is 3.47. The summed E-state index contributed by atoms with van der Waals surface area (Å²) in [5.74, 6) is 1.13. The van der Waals surface area contributed by atoms with E-state index in [1.54, 1.807) is 10.0 Å². The van der Waals surface area contributed by atoms with Crippen LogP contribution in [0.1, 0.15) is 0 Å². The van der Waals surface area contributed by atoms with Crippen molar-refractivity contribution in [3.63, 3.8) is 0 Å². The van der Waals surface area contributed by atoms with Crippen molar-refractivity contribution in [3.05, 3.63) is 73.4 Å². The highest BCUT2D eigenvalue weighted by Gasteiger charge is 2.20. The van der Waals surface area contributed by atoms with Crippen LogP contribution in [-0.4, -0.2) is 14.2 Å². The SMILES string of the molecule is C1=C2SCC=C2[Si](c2ccccc2)=c2ccsc2=C1. The molecule has 0 atom stereocenters. The summed E-state index contributed by atoms with van der Waals surface area (Å²) in [7, 11) is -0.800. The van der Waals surface area contributed by atoms with Crippen molar-refractivity contribution in [2.24, 2.45) is 0 Å². The smallest absolute Gasteiger partial charge is 0.0905 e. The Balaban J connectivity index is 2.13. The van der Waals surface area contributed by atoms with Crippen molar-refractivity contribution < 1.29 is 0 Å². The lowest BCUT2D eigenvalue weighted by molar-refractivity contribution is 1.71. The predicted molar refractivity (Wildman–Crippen MR) is 87.7 cm³/mol. The first kappa shape index (κ1) is 11.6. The second kappa shape index (κ2) is 4.74. The highest BCUT2D eigenvalue weighted by atomic mass is 32.2. The number of hydrogen-bond donors (Lipinski definition) is 0. The van der Waals surface area contributed by atoms with Crippen molar-refractivity contribution in [2.75, 3.05) is 5.75 Å². The predicted octanol–water partition coefficient (Wildman–Crippen LogP) is 2.87. The normalized spacial score (nSPS) is 16.9. The van der Waals surface area contributed by atoms with E-state index in [2.05, 4.69) is 60.0 Å². The highest BCUT2D eigenvalue weighted by Crippen LogP contribution is 2.32. The molecule has 0 saturated heterocycles. The first-order valence-electron chi connectivity index (χ1n) is 6.32. The fraction of sp³-hybridized carbons (Fsp3) is 0.0625. The summed E-state index contributed by atoms with van der Waals surface area (Å²) in [4.78, 5) is 3.04. The van der Waals surface area contributed by atoms with E-state index in [1.807, 2.05) is 23.1 Å². The Morgan fingerprint density at radius 1 is 1.00 bits per heavy atom. The van der Waals surface area contributed by atoms with E-state index in [-0.39, 0.29) is 0 Å². The molecule has 92 valence electrons. The van der Waals surface area contributed by atoms with E-state index >= 15 is 0 Å². The lowest BCUT2D eigenvalue weighted by Gasteiger charge is -2.08. The zero-order valence-corrected chi connectivity index (χ0v) is 12.9. The monoisotopic (exact) mass is 296 g/mol. The Morgan fingerprint density at radius 2 is 1.89 bits per heavy atom. The van der Waals surface area contributed by atoms with Gasteiger partial charge in [-0.1, -0.05) is 36.4 Å². The van der Waals surface area contributed by atoms with Gasteiger partial charge < -0.3 is 0 Å². The zero-order valence-electron chi connectivity index (χ0n) is 10.3. The van der Waals surface area contributed by atoms with Gasteiger partial charge in [-0.05, 0) is 38.8 Å². The van der Waals surface area contributed by atoms with E-state index in [1.165, 1.54) is 14.6 Å². The van der Waals surface area contributed by atoms with Crippen LogP contribution in [0.5, 0.6) is 0 Å². The maximum atomic E-state index is 2.44. The number of benzene rings is 1.